The van der Waals surface area contributed by atoms with Crippen molar-refractivity contribution < 1.29 is 48.5 Å². The van der Waals surface area contributed by atoms with Crippen LogP contribution in [0.25, 0.3) is 0 Å². The molecule has 0 aliphatic rings. The predicted octanol–water partition coefficient (Wildman–Crippen LogP) is -0.256. The largest absolute Gasteiger partial charge is 0.478 e. The second kappa shape index (κ2) is 11.1. The van der Waals surface area contributed by atoms with Gasteiger partial charge in [0.1, 0.15) is 0 Å². The molecule has 10 nitrogen and oxygen atoms in total. The number of hydrogen-bond donors (Lipinski definition) is 2. The summed E-state index contributed by atoms with van der Waals surface area (Å²) in [6.45, 7) is 0. The zero-order chi connectivity index (χ0) is 18.5. The first-order valence-electron chi connectivity index (χ1n) is 6.17. The first kappa shape index (κ1) is 20.4. The maximum absolute atomic E-state index is 11.1. The first-order chi connectivity index (χ1) is 11.2. The van der Waals surface area contributed by atoms with Crippen LogP contribution in [0.5, 0.6) is 0 Å². The molecule has 0 saturated heterocycles. The van der Waals surface area contributed by atoms with Crippen LogP contribution in [-0.2, 0) is 38.2 Å². The topological polar surface area (TPSA) is 161 Å². The SMILES string of the molecule is O=C(O)/C=C/CC(=O)OC(=O)/C=C\C(=O)OC(=O)C/C=C/C(=O)O. The highest BCUT2D eigenvalue weighted by Crippen LogP contribution is 1.94. The van der Waals surface area contributed by atoms with Crippen molar-refractivity contribution in [2.45, 2.75) is 12.8 Å². The molecule has 2 N–H and O–H groups in total. The molecule has 0 aliphatic carbocycles. The normalized spacial score (nSPS) is 10.8. The highest BCUT2D eigenvalue weighted by molar-refractivity contribution is 5.99. The summed E-state index contributed by atoms with van der Waals surface area (Å²) in [6, 6.07) is 0. The van der Waals surface area contributed by atoms with Crippen molar-refractivity contribution in [2.24, 2.45) is 0 Å². The van der Waals surface area contributed by atoms with Crippen LogP contribution in [0.2, 0.25) is 0 Å². The lowest BCUT2D eigenvalue weighted by Gasteiger charge is -1.97. The van der Waals surface area contributed by atoms with Crippen LogP contribution in [0.15, 0.2) is 36.5 Å². The van der Waals surface area contributed by atoms with Gasteiger partial charge in [0.2, 0.25) is 0 Å². The molecular formula is C14H12O10. The van der Waals surface area contributed by atoms with E-state index in [0.717, 1.165) is 12.2 Å². The van der Waals surface area contributed by atoms with E-state index >= 15 is 0 Å². The summed E-state index contributed by atoms with van der Waals surface area (Å²) in [4.78, 5) is 64.7. The molecule has 0 aromatic carbocycles. The average Bonchev–Trinajstić information content (AvgIpc) is 2.44. The van der Waals surface area contributed by atoms with Gasteiger partial charge in [-0.25, -0.2) is 19.2 Å². The maximum Gasteiger partial charge on any atom is 0.338 e. The van der Waals surface area contributed by atoms with Gasteiger partial charge in [-0.15, -0.1) is 0 Å². The van der Waals surface area contributed by atoms with Gasteiger partial charge in [-0.2, -0.15) is 0 Å². The predicted molar refractivity (Wildman–Crippen MR) is 74.1 cm³/mol. The van der Waals surface area contributed by atoms with Gasteiger partial charge in [-0.1, -0.05) is 12.2 Å². The minimum Gasteiger partial charge on any atom is -0.478 e. The van der Waals surface area contributed by atoms with E-state index in [1.807, 2.05) is 0 Å². The Kier molecular flexibility index (Phi) is 9.43. The van der Waals surface area contributed by atoms with Gasteiger partial charge in [0.05, 0.1) is 12.8 Å². The molecule has 10 heteroatoms. The van der Waals surface area contributed by atoms with Crippen molar-refractivity contribution >= 4 is 35.8 Å². The Morgan fingerprint density at radius 2 is 0.958 bits per heavy atom. The van der Waals surface area contributed by atoms with Crippen LogP contribution in [0.4, 0.5) is 0 Å². The van der Waals surface area contributed by atoms with Gasteiger partial charge < -0.3 is 19.7 Å². The fourth-order valence-electron chi connectivity index (χ4n) is 1.02. The Hall–Kier alpha value is -3.56. The third-order valence-electron chi connectivity index (χ3n) is 1.87. The molecule has 24 heavy (non-hydrogen) atoms. The summed E-state index contributed by atoms with van der Waals surface area (Å²) in [5.41, 5.74) is 0. The van der Waals surface area contributed by atoms with Gasteiger partial charge in [0.25, 0.3) is 0 Å². The molecule has 0 heterocycles. The van der Waals surface area contributed by atoms with Gasteiger partial charge >= 0.3 is 35.8 Å². The number of carbonyl (C=O) groups excluding carboxylic acids is 4. The van der Waals surface area contributed by atoms with Crippen LogP contribution in [0, 0.1) is 0 Å². The smallest absolute Gasteiger partial charge is 0.338 e. The number of carboxylic acids is 2. The Labute approximate surface area is 134 Å². The Balaban J connectivity index is 4.22. The molecule has 0 spiro atoms. The summed E-state index contributed by atoms with van der Waals surface area (Å²) >= 11 is 0. The second-order valence-corrected chi connectivity index (χ2v) is 3.81. The molecule has 0 aromatic heterocycles. The molecular weight excluding hydrogens is 328 g/mol. The fraction of sp³-hybridized carbons (Fsp3) is 0.143. The number of rotatable bonds is 8. The molecule has 0 atom stereocenters. The van der Waals surface area contributed by atoms with Crippen molar-refractivity contribution in [1.29, 1.82) is 0 Å². The van der Waals surface area contributed by atoms with E-state index in [-0.39, 0.29) is 0 Å². The molecule has 0 bridgehead atoms. The van der Waals surface area contributed by atoms with Crippen LogP contribution >= 0.6 is 0 Å². The van der Waals surface area contributed by atoms with Crippen LogP contribution in [0.1, 0.15) is 12.8 Å². The molecule has 0 aliphatic heterocycles. The highest BCUT2D eigenvalue weighted by Gasteiger charge is 2.09. The molecule has 0 fully saturated rings. The fourth-order valence-corrected chi connectivity index (χ4v) is 1.02. The van der Waals surface area contributed by atoms with E-state index in [4.69, 9.17) is 10.2 Å². The lowest BCUT2D eigenvalue weighted by molar-refractivity contribution is -0.158. The van der Waals surface area contributed by atoms with E-state index in [0.29, 0.717) is 24.3 Å². The van der Waals surface area contributed by atoms with Crippen molar-refractivity contribution in [3.05, 3.63) is 36.5 Å². The third kappa shape index (κ3) is 12.2. The first-order valence-corrected chi connectivity index (χ1v) is 6.17. The van der Waals surface area contributed by atoms with Crippen LogP contribution < -0.4 is 0 Å². The van der Waals surface area contributed by atoms with Crippen molar-refractivity contribution in [2.75, 3.05) is 0 Å². The van der Waals surface area contributed by atoms with Crippen molar-refractivity contribution in [3.63, 3.8) is 0 Å². The Morgan fingerprint density at radius 3 is 1.25 bits per heavy atom. The van der Waals surface area contributed by atoms with Crippen molar-refractivity contribution in [3.8, 4) is 0 Å². The second-order valence-electron chi connectivity index (χ2n) is 3.81. The van der Waals surface area contributed by atoms with Crippen LogP contribution in [0.3, 0.4) is 0 Å². The van der Waals surface area contributed by atoms with Crippen LogP contribution in [-0.4, -0.2) is 46.0 Å². The quantitative estimate of drug-likeness (QED) is 0.342. The van der Waals surface area contributed by atoms with Gasteiger partial charge in [-0.3, -0.25) is 9.59 Å². The van der Waals surface area contributed by atoms with E-state index < -0.39 is 48.7 Å². The zero-order valence-corrected chi connectivity index (χ0v) is 12.0. The molecule has 0 unspecified atom stereocenters. The molecule has 0 aromatic rings. The summed E-state index contributed by atoms with van der Waals surface area (Å²) in [5, 5.41) is 16.6. The Bertz CT molecular complexity index is 569. The molecule has 128 valence electrons. The standard InChI is InChI=1S/C14H12O10/c15-9(16)3-1-5-11(19)23-13(21)7-8-14(22)24-12(20)6-2-4-10(17)18/h1-4,7-8H,5-6H2,(H,15,16)(H,17,18)/b3-1+,4-2+,8-7-. The molecule has 0 saturated carbocycles. The van der Waals surface area contributed by atoms with Gasteiger partial charge in [0.15, 0.2) is 0 Å². The molecule has 0 rings (SSSR count). The third-order valence-corrected chi connectivity index (χ3v) is 1.87. The molecule has 0 radical (unpaired) electrons. The number of carbonyl (C=O) groups is 6. The van der Waals surface area contributed by atoms with E-state index in [1.54, 1.807) is 0 Å². The van der Waals surface area contributed by atoms with Gasteiger partial charge in [-0.05, 0) is 0 Å². The zero-order valence-electron chi connectivity index (χ0n) is 12.0. The van der Waals surface area contributed by atoms with E-state index in [9.17, 15) is 28.8 Å². The lowest BCUT2D eigenvalue weighted by Crippen LogP contribution is -2.12. The number of ether oxygens (including phenoxy) is 2. The van der Waals surface area contributed by atoms with Gasteiger partial charge in [0, 0.05) is 24.3 Å². The summed E-state index contributed by atoms with van der Waals surface area (Å²) in [5.74, 6) is -7.10. The number of esters is 4. The summed E-state index contributed by atoms with van der Waals surface area (Å²) in [6.07, 6.45) is 3.41. The van der Waals surface area contributed by atoms with Crippen molar-refractivity contribution in [1.82, 2.24) is 0 Å². The lowest BCUT2D eigenvalue weighted by atomic mass is 10.4. The number of aliphatic carboxylic acids is 2. The minimum absolute atomic E-state index is 0.468. The van der Waals surface area contributed by atoms with E-state index in [2.05, 4.69) is 9.47 Å². The Morgan fingerprint density at radius 1 is 0.625 bits per heavy atom. The maximum atomic E-state index is 11.1. The average molecular weight is 340 g/mol. The summed E-state index contributed by atoms with van der Waals surface area (Å²) in [7, 11) is 0. The minimum atomic E-state index is -1.28. The highest BCUT2D eigenvalue weighted by atomic mass is 16.6. The molecule has 0 amide bonds. The van der Waals surface area contributed by atoms with E-state index in [1.165, 1.54) is 0 Å². The number of hydrogen-bond acceptors (Lipinski definition) is 8. The summed E-state index contributed by atoms with van der Waals surface area (Å²) < 4.78 is 8.40. The monoisotopic (exact) mass is 340 g/mol. The number of carboxylic acid groups (broad SMARTS) is 2.